The van der Waals surface area contributed by atoms with Gasteiger partial charge in [-0.1, -0.05) is 18.2 Å². The first kappa shape index (κ1) is 18.8. The topological polar surface area (TPSA) is 89.9 Å². The quantitative estimate of drug-likeness (QED) is 0.751. The first-order chi connectivity index (χ1) is 12.9. The number of aromatic hydroxyl groups is 1. The number of carboxylic acid groups (broad SMARTS) is 1. The highest BCUT2D eigenvalue weighted by Gasteiger charge is 2.23. The van der Waals surface area contributed by atoms with Crippen molar-refractivity contribution < 1.29 is 24.2 Å². The molecule has 1 saturated heterocycles. The summed E-state index contributed by atoms with van der Waals surface area (Å²) in [7, 11) is 0. The molecule has 3 rings (SSSR count). The van der Waals surface area contributed by atoms with E-state index in [0.29, 0.717) is 18.7 Å². The van der Waals surface area contributed by atoms with Gasteiger partial charge in [-0.2, -0.15) is 0 Å². The van der Waals surface area contributed by atoms with Gasteiger partial charge in [0.25, 0.3) is 5.91 Å². The maximum atomic E-state index is 13.8. The highest BCUT2D eigenvalue weighted by atomic mass is 19.1. The molecule has 0 radical (unpaired) electrons. The molecule has 1 aliphatic heterocycles. The molecule has 1 unspecified atom stereocenters. The lowest BCUT2D eigenvalue weighted by Gasteiger charge is -2.33. The van der Waals surface area contributed by atoms with Crippen molar-refractivity contribution in [2.45, 2.75) is 25.4 Å². The molecule has 1 amide bonds. The highest BCUT2D eigenvalue weighted by Crippen LogP contribution is 2.18. The lowest BCUT2D eigenvalue weighted by Crippen LogP contribution is -2.47. The SMILES string of the molecule is O=C(O)c1cc(O)cc(C(=O)NC2CCCN(Cc3ccccc3F)C2)c1. The smallest absolute Gasteiger partial charge is 0.335 e. The molecular weight excluding hydrogens is 351 g/mol. The number of likely N-dealkylation sites (tertiary alicyclic amines) is 1. The van der Waals surface area contributed by atoms with Crippen molar-refractivity contribution in [1.29, 1.82) is 0 Å². The van der Waals surface area contributed by atoms with Crippen LogP contribution in [0.15, 0.2) is 42.5 Å². The number of halogens is 1. The molecule has 27 heavy (non-hydrogen) atoms. The van der Waals surface area contributed by atoms with Crippen LogP contribution in [0.2, 0.25) is 0 Å². The molecule has 7 heteroatoms. The van der Waals surface area contributed by atoms with Crippen molar-refractivity contribution in [3.8, 4) is 5.75 Å². The second-order valence-corrected chi connectivity index (χ2v) is 6.71. The largest absolute Gasteiger partial charge is 0.508 e. The number of hydrogen-bond donors (Lipinski definition) is 3. The van der Waals surface area contributed by atoms with Crippen molar-refractivity contribution in [3.63, 3.8) is 0 Å². The number of nitrogens with one attached hydrogen (secondary N) is 1. The number of phenolic OH excluding ortho intramolecular Hbond substituents is 1. The zero-order valence-electron chi connectivity index (χ0n) is 14.7. The summed E-state index contributed by atoms with van der Waals surface area (Å²) in [4.78, 5) is 25.6. The van der Waals surface area contributed by atoms with E-state index in [1.807, 2.05) is 0 Å². The highest BCUT2D eigenvalue weighted by molar-refractivity contribution is 5.98. The Kier molecular flexibility index (Phi) is 5.71. The third-order valence-electron chi connectivity index (χ3n) is 4.62. The van der Waals surface area contributed by atoms with E-state index in [1.165, 1.54) is 18.2 Å². The lowest BCUT2D eigenvalue weighted by molar-refractivity contribution is 0.0696. The average Bonchev–Trinajstić information content (AvgIpc) is 2.63. The molecule has 1 heterocycles. The summed E-state index contributed by atoms with van der Waals surface area (Å²) in [6.07, 6.45) is 1.64. The van der Waals surface area contributed by atoms with E-state index in [0.717, 1.165) is 25.5 Å². The summed E-state index contributed by atoms with van der Waals surface area (Å²) in [5, 5.41) is 21.6. The van der Waals surface area contributed by atoms with Crippen LogP contribution in [-0.2, 0) is 6.54 Å². The normalized spacial score (nSPS) is 17.4. The van der Waals surface area contributed by atoms with Gasteiger partial charge in [0.1, 0.15) is 11.6 Å². The minimum absolute atomic E-state index is 0.0960. The molecule has 0 aromatic heterocycles. The third-order valence-corrected chi connectivity index (χ3v) is 4.62. The third kappa shape index (κ3) is 4.83. The number of phenols is 1. The van der Waals surface area contributed by atoms with E-state index in [-0.39, 0.29) is 28.7 Å². The van der Waals surface area contributed by atoms with Gasteiger partial charge in [0.15, 0.2) is 0 Å². The van der Waals surface area contributed by atoms with Gasteiger partial charge in [-0.15, -0.1) is 0 Å². The van der Waals surface area contributed by atoms with Crippen LogP contribution in [0, 0.1) is 5.82 Å². The molecule has 3 N–H and O–H groups in total. The second kappa shape index (κ2) is 8.18. The van der Waals surface area contributed by atoms with Gasteiger partial charge in [-0.3, -0.25) is 9.69 Å². The fourth-order valence-corrected chi connectivity index (χ4v) is 3.32. The molecule has 0 saturated carbocycles. The number of aromatic carboxylic acids is 1. The van der Waals surface area contributed by atoms with Gasteiger partial charge < -0.3 is 15.5 Å². The number of rotatable bonds is 5. The van der Waals surface area contributed by atoms with Crippen molar-refractivity contribution in [3.05, 3.63) is 65.0 Å². The fourth-order valence-electron chi connectivity index (χ4n) is 3.32. The van der Waals surface area contributed by atoms with E-state index < -0.39 is 11.9 Å². The number of hydrogen-bond acceptors (Lipinski definition) is 4. The fraction of sp³-hybridized carbons (Fsp3) is 0.300. The minimum atomic E-state index is -1.21. The molecule has 2 aromatic rings. The number of carbonyl (C=O) groups is 2. The van der Waals surface area contributed by atoms with Crippen molar-refractivity contribution in [2.24, 2.45) is 0 Å². The number of piperidine rings is 1. The van der Waals surface area contributed by atoms with Gasteiger partial charge in [-0.25, -0.2) is 9.18 Å². The monoisotopic (exact) mass is 372 g/mol. The molecule has 1 aliphatic rings. The number of amides is 1. The molecule has 6 nitrogen and oxygen atoms in total. The van der Waals surface area contributed by atoms with Gasteiger partial charge in [-0.05, 0) is 43.7 Å². The summed E-state index contributed by atoms with van der Waals surface area (Å²) < 4.78 is 13.8. The van der Waals surface area contributed by atoms with Gasteiger partial charge in [0.05, 0.1) is 5.56 Å². The Labute approximate surface area is 156 Å². The van der Waals surface area contributed by atoms with E-state index in [2.05, 4.69) is 10.2 Å². The van der Waals surface area contributed by atoms with Crippen LogP contribution >= 0.6 is 0 Å². The Morgan fingerprint density at radius 2 is 1.93 bits per heavy atom. The predicted octanol–water partition coefficient (Wildman–Crippen LogP) is 2.62. The van der Waals surface area contributed by atoms with E-state index >= 15 is 0 Å². The van der Waals surface area contributed by atoms with Gasteiger partial charge >= 0.3 is 5.97 Å². The molecular formula is C20H21FN2O4. The van der Waals surface area contributed by atoms with Crippen LogP contribution in [0.4, 0.5) is 4.39 Å². The molecule has 1 atom stereocenters. The van der Waals surface area contributed by atoms with Crippen LogP contribution in [0.1, 0.15) is 39.1 Å². The second-order valence-electron chi connectivity index (χ2n) is 6.71. The van der Waals surface area contributed by atoms with Crippen molar-refractivity contribution >= 4 is 11.9 Å². The molecule has 1 fully saturated rings. The van der Waals surface area contributed by atoms with Crippen LogP contribution in [-0.4, -0.2) is 46.1 Å². The van der Waals surface area contributed by atoms with Gasteiger partial charge in [0, 0.05) is 30.3 Å². The Morgan fingerprint density at radius 3 is 2.67 bits per heavy atom. The van der Waals surface area contributed by atoms with Crippen LogP contribution in [0.25, 0.3) is 0 Å². The predicted molar refractivity (Wildman–Crippen MR) is 97.2 cm³/mol. The van der Waals surface area contributed by atoms with E-state index in [4.69, 9.17) is 5.11 Å². The minimum Gasteiger partial charge on any atom is -0.508 e. The standard InChI is InChI=1S/C20H21FN2O4/c21-18-6-2-1-4-13(18)11-23-7-3-5-16(12-23)22-19(25)14-8-15(20(26)27)10-17(24)9-14/h1-2,4,6,8-10,16,24H,3,5,7,11-12H2,(H,22,25)(H,26,27). The number of benzene rings is 2. The van der Waals surface area contributed by atoms with Crippen LogP contribution in [0.3, 0.4) is 0 Å². The zero-order chi connectivity index (χ0) is 19.4. The molecule has 2 aromatic carbocycles. The Balaban J connectivity index is 1.64. The summed E-state index contributed by atoms with van der Waals surface area (Å²) >= 11 is 0. The molecule has 0 aliphatic carbocycles. The summed E-state index contributed by atoms with van der Waals surface area (Å²) in [6, 6.07) is 10.1. The van der Waals surface area contributed by atoms with E-state index in [9.17, 15) is 19.1 Å². The number of nitrogens with zero attached hydrogens (tertiary/aromatic N) is 1. The summed E-state index contributed by atoms with van der Waals surface area (Å²) in [6.45, 7) is 1.86. The maximum Gasteiger partial charge on any atom is 0.335 e. The lowest BCUT2D eigenvalue weighted by atomic mass is 10.0. The molecule has 0 spiro atoms. The van der Waals surface area contributed by atoms with Crippen LogP contribution in [0.5, 0.6) is 5.75 Å². The number of carboxylic acids is 1. The zero-order valence-corrected chi connectivity index (χ0v) is 14.7. The Hall–Kier alpha value is -2.93. The van der Waals surface area contributed by atoms with Gasteiger partial charge in [0.2, 0.25) is 0 Å². The van der Waals surface area contributed by atoms with Crippen molar-refractivity contribution in [1.82, 2.24) is 10.2 Å². The van der Waals surface area contributed by atoms with Crippen LogP contribution < -0.4 is 5.32 Å². The molecule has 0 bridgehead atoms. The van der Waals surface area contributed by atoms with E-state index in [1.54, 1.807) is 18.2 Å². The maximum absolute atomic E-state index is 13.8. The first-order valence-corrected chi connectivity index (χ1v) is 8.76. The number of carbonyl (C=O) groups excluding carboxylic acids is 1. The molecule has 142 valence electrons. The van der Waals surface area contributed by atoms with Crippen molar-refractivity contribution in [2.75, 3.05) is 13.1 Å². The summed E-state index contributed by atoms with van der Waals surface area (Å²) in [5.74, 6) is -2.17. The Bertz CT molecular complexity index is 856. The summed E-state index contributed by atoms with van der Waals surface area (Å²) in [5.41, 5.74) is 0.562. The first-order valence-electron chi connectivity index (χ1n) is 8.76. The Morgan fingerprint density at radius 1 is 1.19 bits per heavy atom. The average molecular weight is 372 g/mol.